The zero-order valence-electron chi connectivity index (χ0n) is 8.81. The molecule has 7 nitrogen and oxygen atoms in total. The van der Waals surface area contributed by atoms with E-state index in [0.717, 1.165) is 4.31 Å². The smallest absolute Gasteiger partial charge is 0.241 e. The summed E-state index contributed by atoms with van der Waals surface area (Å²) in [6.45, 7) is -0.137. The minimum Gasteiger partial charge on any atom is -0.330 e. The summed E-state index contributed by atoms with van der Waals surface area (Å²) in [5.74, 6) is -1.25. The van der Waals surface area contributed by atoms with Crippen LogP contribution in [0.5, 0.6) is 0 Å². The highest BCUT2D eigenvalue weighted by Gasteiger charge is 2.30. The maximum Gasteiger partial charge on any atom is 0.241 e. The molecule has 1 aliphatic heterocycles. The van der Waals surface area contributed by atoms with Gasteiger partial charge in [0, 0.05) is 0 Å². The van der Waals surface area contributed by atoms with E-state index in [4.69, 9.17) is 5.73 Å². The van der Waals surface area contributed by atoms with Crippen LogP contribution in [0.2, 0.25) is 0 Å². The lowest BCUT2D eigenvalue weighted by Gasteiger charge is -2.24. The summed E-state index contributed by atoms with van der Waals surface area (Å²) in [6.07, 6.45) is 1.04. The van der Waals surface area contributed by atoms with Crippen LogP contribution < -0.4 is 11.1 Å². The molecule has 1 heterocycles. The van der Waals surface area contributed by atoms with Crippen LogP contribution in [-0.2, 0) is 19.6 Å². The van der Waals surface area contributed by atoms with E-state index < -0.39 is 21.8 Å². The van der Waals surface area contributed by atoms with Crippen molar-refractivity contribution in [1.82, 2.24) is 9.62 Å². The number of carbonyl (C=O) groups is 2. The Morgan fingerprint density at radius 3 is 2.25 bits per heavy atom. The molecule has 3 N–H and O–H groups in total. The number of nitrogens with zero attached hydrogens (tertiary/aromatic N) is 1. The first kappa shape index (κ1) is 13.1. The van der Waals surface area contributed by atoms with E-state index in [-0.39, 0.29) is 18.8 Å². The highest BCUT2D eigenvalue weighted by Crippen LogP contribution is 2.06. The normalized spacial score (nSPS) is 18.6. The monoisotopic (exact) mass is 249 g/mol. The van der Waals surface area contributed by atoms with Crippen LogP contribution >= 0.6 is 0 Å². The Hall–Kier alpha value is -0.990. The van der Waals surface area contributed by atoms with Gasteiger partial charge in [0.25, 0.3) is 0 Å². The lowest BCUT2D eigenvalue weighted by Crippen LogP contribution is -2.53. The maximum absolute atomic E-state index is 11.7. The molecule has 0 aliphatic carbocycles. The minimum absolute atomic E-state index is 0.0786. The van der Waals surface area contributed by atoms with E-state index in [0.29, 0.717) is 19.4 Å². The van der Waals surface area contributed by atoms with Gasteiger partial charge in [0.1, 0.15) is 0 Å². The first-order valence-electron chi connectivity index (χ1n) is 4.96. The molecule has 2 amide bonds. The number of hydrogen-bond donors (Lipinski definition) is 2. The molecule has 0 radical (unpaired) electrons. The van der Waals surface area contributed by atoms with E-state index >= 15 is 0 Å². The molecule has 1 rings (SSSR count). The predicted octanol–water partition coefficient (Wildman–Crippen LogP) is -1.99. The van der Waals surface area contributed by atoms with Crippen molar-refractivity contribution in [3.05, 3.63) is 0 Å². The Morgan fingerprint density at radius 1 is 1.19 bits per heavy atom. The van der Waals surface area contributed by atoms with Gasteiger partial charge < -0.3 is 5.73 Å². The van der Waals surface area contributed by atoms with E-state index in [1.807, 2.05) is 5.32 Å². The fourth-order valence-electron chi connectivity index (χ4n) is 1.37. The fraction of sp³-hybridized carbons (Fsp3) is 0.750. The van der Waals surface area contributed by atoms with Crippen molar-refractivity contribution < 1.29 is 18.0 Å². The molecule has 0 aromatic heterocycles. The van der Waals surface area contributed by atoms with Gasteiger partial charge in [0.05, 0.1) is 18.8 Å². The van der Waals surface area contributed by atoms with Crippen molar-refractivity contribution in [2.75, 3.05) is 25.4 Å². The molecule has 1 saturated heterocycles. The number of sulfonamides is 1. The number of imide groups is 1. The van der Waals surface area contributed by atoms with Gasteiger partial charge in [-0.2, -0.15) is 4.31 Å². The van der Waals surface area contributed by atoms with Crippen LogP contribution in [0, 0.1) is 0 Å². The summed E-state index contributed by atoms with van der Waals surface area (Å²) in [6, 6.07) is 0. The van der Waals surface area contributed by atoms with Gasteiger partial charge in [-0.25, -0.2) is 8.42 Å². The lowest BCUT2D eigenvalue weighted by molar-refractivity contribution is -0.134. The lowest BCUT2D eigenvalue weighted by atomic mass is 10.3. The molecule has 0 unspecified atom stereocenters. The molecule has 0 bridgehead atoms. The molecular formula is C8H15N3O4S. The molecule has 1 aliphatic rings. The standard InChI is InChI=1S/C8H15N3O4S/c9-3-1-2-4-16(14,15)11-5-7(12)10-8(13)6-11/h1-6,9H2,(H,10,12,13). The number of unbranched alkanes of at least 4 members (excludes halogenated alkanes) is 1. The van der Waals surface area contributed by atoms with Gasteiger partial charge >= 0.3 is 0 Å². The Balaban J connectivity index is 2.60. The molecule has 0 saturated carbocycles. The maximum atomic E-state index is 11.7. The zero-order valence-corrected chi connectivity index (χ0v) is 9.62. The van der Waals surface area contributed by atoms with Crippen molar-refractivity contribution in [2.45, 2.75) is 12.8 Å². The SMILES string of the molecule is NCCCCS(=O)(=O)N1CC(=O)NC(=O)C1. The van der Waals surface area contributed by atoms with Gasteiger partial charge in [-0.05, 0) is 19.4 Å². The summed E-state index contributed by atoms with van der Waals surface area (Å²) in [5, 5.41) is 2.04. The molecular weight excluding hydrogens is 234 g/mol. The number of nitrogens with two attached hydrogens (primary N) is 1. The average molecular weight is 249 g/mol. The van der Waals surface area contributed by atoms with Crippen molar-refractivity contribution in [3.8, 4) is 0 Å². The zero-order chi connectivity index (χ0) is 12.2. The van der Waals surface area contributed by atoms with Crippen molar-refractivity contribution in [3.63, 3.8) is 0 Å². The summed E-state index contributed by atoms with van der Waals surface area (Å²) in [5.41, 5.74) is 5.25. The molecule has 0 spiro atoms. The van der Waals surface area contributed by atoms with Crippen LogP contribution in [-0.4, -0.2) is 49.9 Å². The topological polar surface area (TPSA) is 110 Å². The number of piperazine rings is 1. The molecule has 92 valence electrons. The molecule has 0 atom stereocenters. The van der Waals surface area contributed by atoms with Crippen molar-refractivity contribution in [1.29, 1.82) is 0 Å². The van der Waals surface area contributed by atoms with Gasteiger partial charge in [-0.15, -0.1) is 0 Å². The minimum atomic E-state index is -3.53. The second kappa shape index (κ2) is 5.37. The Bertz CT molecular complexity index is 363. The van der Waals surface area contributed by atoms with Gasteiger partial charge in [0.15, 0.2) is 0 Å². The molecule has 0 aromatic carbocycles. The summed E-state index contributed by atoms with van der Waals surface area (Å²) in [7, 11) is -3.53. The van der Waals surface area contributed by atoms with E-state index in [1.54, 1.807) is 0 Å². The predicted molar refractivity (Wildman–Crippen MR) is 56.8 cm³/mol. The Labute approximate surface area is 94.0 Å². The van der Waals surface area contributed by atoms with Crippen LogP contribution in [0.1, 0.15) is 12.8 Å². The number of carbonyl (C=O) groups excluding carboxylic acids is 2. The molecule has 8 heteroatoms. The Morgan fingerprint density at radius 2 is 1.75 bits per heavy atom. The number of nitrogens with one attached hydrogen (secondary N) is 1. The van der Waals surface area contributed by atoms with Crippen LogP contribution in [0.15, 0.2) is 0 Å². The highest BCUT2D eigenvalue weighted by molar-refractivity contribution is 7.89. The van der Waals surface area contributed by atoms with Gasteiger partial charge in [-0.1, -0.05) is 0 Å². The first-order chi connectivity index (χ1) is 7.45. The van der Waals surface area contributed by atoms with Gasteiger partial charge in [-0.3, -0.25) is 14.9 Å². The van der Waals surface area contributed by atoms with E-state index in [1.165, 1.54) is 0 Å². The molecule has 0 aromatic rings. The third-order valence-corrected chi connectivity index (χ3v) is 4.02. The second-order valence-corrected chi connectivity index (χ2v) is 5.64. The van der Waals surface area contributed by atoms with Crippen LogP contribution in [0.25, 0.3) is 0 Å². The van der Waals surface area contributed by atoms with Crippen molar-refractivity contribution >= 4 is 21.8 Å². The number of rotatable bonds is 5. The van der Waals surface area contributed by atoms with Crippen LogP contribution in [0.3, 0.4) is 0 Å². The van der Waals surface area contributed by atoms with E-state index in [2.05, 4.69) is 0 Å². The van der Waals surface area contributed by atoms with Gasteiger partial charge in [0.2, 0.25) is 21.8 Å². The van der Waals surface area contributed by atoms with Crippen molar-refractivity contribution in [2.24, 2.45) is 5.73 Å². The average Bonchev–Trinajstić information content (AvgIpc) is 2.16. The second-order valence-electron chi connectivity index (χ2n) is 3.55. The van der Waals surface area contributed by atoms with Crippen LogP contribution in [0.4, 0.5) is 0 Å². The third-order valence-electron chi connectivity index (χ3n) is 2.17. The quantitative estimate of drug-likeness (QED) is 0.433. The summed E-state index contributed by atoms with van der Waals surface area (Å²) >= 11 is 0. The molecule has 1 fully saturated rings. The number of amides is 2. The summed E-state index contributed by atoms with van der Waals surface area (Å²) < 4.78 is 24.3. The third kappa shape index (κ3) is 3.54. The molecule has 16 heavy (non-hydrogen) atoms. The number of hydrogen-bond acceptors (Lipinski definition) is 5. The Kier molecular flexibility index (Phi) is 4.39. The first-order valence-corrected chi connectivity index (χ1v) is 6.57. The van der Waals surface area contributed by atoms with E-state index in [9.17, 15) is 18.0 Å². The largest absolute Gasteiger partial charge is 0.330 e. The fourth-order valence-corrected chi connectivity index (χ4v) is 2.82. The summed E-state index contributed by atoms with van der Waals surface area (Å²) in [4.78, 5) is 22.0. The highest BCUT2D eigenvalue weighted by atomic mass is 32.2.